The van der Waals surface area contributed by atoms with Crippen molar-refractivity contribution in [3.63, 3.8) is 0 Å². The third kappa shape index (κ3) is 3.08. The zero-order valence-electron chi connectivity index (χ0n) is 10.8. The number of nitrogens with one attached hydrogen (secondary N) is 1. The number of likely N-dealkylation sites (N-methyl/N-ethyl adjacent to an activating group) is 1. The molecular weight excluding hydrogens is 246 g/mol. The second-order valence-corrected chi connectivity index (χ2v) is 4.71. The van der Waals surface area contributed by atoms with Gasteiger partial charge in [-0.15, -0.1) is 0 Å². The van der Waals surface area contributed by atoms with Gasteiger partial charge < -0.3 is 10.2 Å². The number of benzene rings is 1. The van der Waals surface area contributed by atoms with Crippen LogP contribution in [0, 0.1) is 10.1 Å². The first-order valence-electron chi connectivity index (χ1n) is 6.28. The maximum Gasteiger partial charge on any atom is 0.273 e. The molecule has 0 bridgehead atoms. The second-order valence-electron chi connectivity index (χ2n) is 4.71. The van der Waals surface area contributed by atoms with Gasteiger partial charge in [-0.2, -0.15) is 0 Å². The molecule has 0 radical (unpaired) electrons. The maximum atomic E-state index is 12.1. The summed E-state index contributed by atoms with van der Waals surface area (Å²) in [4.78, 5) is 24.3. The number of nitro benzene ring substituents is 1. The molecule has 1 N–H and O–H groups in total. The van der Waals surface area contributed by atoms with Crippen molar-refractivity contribution < 1.29 is 9.72 Å². The van der Waals surface area contributed by atoms with Gasteiger partial charge in [0, 0.05) is 31.3 Å². The minimum absolute atomic E-state index is 0.00815. The first-order valence-corrected chi connectivity index (χ1v) is 6.28. The second kappa shape index (κ2) is 5.79. The van der Waals surface area contributed by atoms with Crippen LogP contribution >= 0.6 is 0 Å². The minimum atomic E-state index is -0.445. The average molecular weight is 263 g/mol. The molecule has 0 aromatic heterocycles. The van der Waals surface area contributed by atoms with E-state index in [9.17, 15) is 14.9 Å². The molecule has 1 unspecified atom stereocenters. The van der Waals surface area contributed by atoms with Crippen molar-refractivity contribution in [2.45, 2.75) is 18.9 Å². The summed E-state index contributed by atoms with van der Waals surface area (Å²) in [5.74, 6) is -0.0806. The third-order valence-electron chi connectivity index (χ3n) is 3.51. The smallest absolute Gasteiger partial charge is 0.273 e. The fourth-order valence-electron chi connectivity index (χ4n) is 2.30. The molecule has 1 heterocycles. The van der Waals surface area contributed by atoms with Gasteiger partial charge in [-0.3, -0.25) is 14.9 Å². The van der Waals surface area contributed by atoms with Crippen LogP contribution in [0.2, 0.25) is 0 Å². The molecule has 1 saturated heterocycles. The van der Waals surface area contributed by atoms with Crippen LogP contribution < -0.4 is 5.32 Å². The molecule has 1 aromatic carbocycles. The Morgan fingerprint density at radius 1 is 1.53 bits per heavy atom. The van der Waals surface area contributed by atoms with Gasteiger partial charge in [-0.1, -0.05) is 18.2 Å². The summed E-state index contributed by atoms with van der Waals surface area (Å²) in [6.45, 7) is 1.70. The normalized spacial score (nSPS) is 18.3. The molecule has 1 atom stereocenters. The molecule has 102 valence electrons. The lowest BCUT2D eigenvalue weighted by molar-refractivity contribution is -0.385. The van der Waals surface area contributed by atoms with E-state index in [0.717, 1.165) is 19.5 Å². The predicted molar refractivity (Wildman–Crippen MR) is 70.8 cm³/mol. The predicted octanol–water partition coefficient (Wildman–Crippen LogP) is 0.958. The monoisotopic (exact) mass is 263 g/mol. The van der Waals surface area contributed by atoms with E-state index in [4.69, 9.17) is 0 Å². The van der Waals surface area contributed by atoms with Crippen LogP contribution in [0.3, 0.4) is 0 Å². The van der Waals surface area contributed by atoms with Gasteiger partial charge >= 0.3 is 0 Å². The SMILES string of the molecule is CN(C(=O)Cc1ccccc1[N+](=O)[O-])C1CCNC1. The highest BCUT2D eigenvalue weighted by atomic mass is 16.6. The summed E-state index contributed by atoms with van der Waals surface area (Å²) in [5.41, 5.74) is 0.476. The summed E-state index contributed by atoms with van der Waals surface area (Å²) >= 11 is 0. The number of amides is 1. The number of nitro groups is 1. The van der Waals surface area contributed by atoms with Gasteiger partial charge in [-0.05, 0) is 13.0 Å². The third-order valence-corrected chi connectivity index (χ3v) is 3.51. The largest absolute Gasteiger partial charge is 0.341 e. The number of para-hydroxylation sites is 1. The van der Waals surface area contributed by atoms with E-state index in [1.807, 2.05) is 0 Å². The van der Waals surface area contributed by atoms with Crippen molar-refractivity contribution in [2.24, 2.45) is 0 Å². The number of carbonyl (C=O) groups excluding carboxylic acids is 1. The lowest BCUT2D eigenvalue weighted by atomic mass is 10.1. The Morgan fingerprint density at radius 3 is 2.89 bits per heavy atom. The Morgan fingerprint density at radius 2 is 2.26 bits per heavy atom. The Hall–Kier alpha value is -1.95. The maximum absolute atomic E-state index is 12.1. The fraction of sp³-hybridized carbons (Fsp3) is 0.462. The molecule has 1 aliphatic rings. The molecule has 0 aliphatic carbocycles. The van der Waals surface area contributed by atoms with E-state index in [0.29, 0.717) is 5.56 Å². The van der Waals surface area contributed by atoms with Crippen molar-refractivity contribution in [2.75, 3.05) is 20.1 Å². The lowest BCUT2D eigenvalue weighted by Gasteiger charge is -2.23. The van der Waals surface area contributed by atoms with Crippen LogP contribution in [-0.4, -0.2) is 41.9 Å². The van der Waals surface area contributed by atoms with Crippen molar-refractivity contribution in [1.82, 2.24) is 10.2 Å². The number of rotatable bonds is 4. The van der Waals surface area contributed by atoms with E-state index in [1.54, 1.807) is 30.1 Å². The zero-order valence-corrected chi connectivity index (χ0v) is 10.8. The standard InChI is InChI=1S/C13H17N3O3/c1-15(11-6-7-14-9-11)13(17)8-10-4-2-3-5-12(10)16(18)19/h2-5,11,14H,6-9H2,1H3. The molecule has 6 nitrogen and oxygen atoms in total. The van der Waals surface area contributed by atoms with Crippen molar-refractivity contribution >= 4 is 11.6 Å². The van der Waals surface area contributed by atoms with Gasteiger partial charge in [0.2, 0.25) is 5.91 Å². The topological polar surface area (TPSA) is 75.5 Å². The van der Waals surface area contributed by atoms with Crippen LogP contribution in [-0.2, 0) is 11.2 Å². The molecule has 0 saturated carbocycles. The number of hydrogen-bond donors (Lipinski definition) is 1. The summed E-state index contributed by atoms with van der Waals surface area (Å²) in [6.07, 6.45) is 1.00. The summed E-state index contributed by atoms with van der Waals surface area (Å²) in [7, 11) is 1.76. The van der Waals surface area contributed by atoms with E-state index in [-0.39, 0.29) is 24.1 Å². The molecule has 19 heavy (non-hydrogen) atoms. The van der Waals surface area contributed by atoms with Gasteiger partial charge in [0.25, 0.3) is 5.69 Å². The molecule has 2 rings (SSSR count). The quantitative estimate of drug-likeness (QED) is 0.648. The van der Waals surface area contributed by atoms with Crippen molar-refractivity contribution in [3.8, 4) is 0 Å². The lowest BCUT2D eigenvalue weighted by Crippen LogP contribution is -2.39. The Labute approximate surface area is 111 Å². The van der Waals surface area contributed by atoms with Crippen LogP contribution in [0.4, 0.5) is 5.69 Å². The van der Waals surface area contributed by atoms with Crippen LogP contribution in [0.25, 0.3) is 0 Å². The van der Waals surface area contributed by atoms with Crippen molar-refractivity contribution in [3.05, 3.63) is 39.9 Å². The van der Waals surface area contributed by atoms with E-state index < -0.39 is 4.92 Å². The van der Waals surface area contributed by atoms with Gasteiger partial charge in [0.05, 0.1) is 11.3 Å². The molecule has 1 aromatic rings. The highest BCUT2D eigenvalue weighted by Gasteiger charge is 2.24. The number of carbonyl (C=O) groups is 1. The van der Waals surface area contributed by atoms with Crippen molar-refractivity contribution in [1.29, 1.82) is 0 Å². The molecule has 6 heteroatoms. The van der Waals surface area contributed by atoms with E-state index >= 15 is 0 Å². The average Bonchev–Trinajstić information content (AvgIpc) is 2.92. The molecule has 1 amide bonds. The zero-order chi connectivity index (χ0) is 13.8. The summed E-state index contributed by atoms with van der Waals surface area (Å²) in [5, 5.41) is 14.1. The summed E-state index contributed by atoms with van der Waals surface area (Å²) in [6, 6.07) is 6.58. The molecular formula is C13H17N3O3. The van der Waals surface area contributed by atoms with E-state index in [1.165, 1.54) is 6.07 Å². The van der Waals surface area contributed by atoms with Crippen LogP contribution in [0.1, 0.15) is 12.0 Å². The van der Waals surface area contributed by atoms with Gasteiger partial charge in [0.15, 0.2) is 0 Å². The molecule has 1 aliphatic heterocycles. The van der Waals surface area contributed by atoms with Crippen LogP contribution in [0.5, 0.6) is 0 Å². The van der Waals surface area contributed by atoms with Crippen LogP contribution in [0.15, 0.2) is 24.3 Å². The number of nitrogens with zero attached hydrogens (tertiary/aromatic N) is 2. The molecule has 0 spiro atoms. The summed E-state index contributed by atoms with van der Waals surface area (Å²) < 4.78 is 0. The first kappa shape index (κ1) is 13.5. The Bertz CT molecular complexity index is 484. The van der Waals surface area contributed by atoms with Gasteiger partial charge in [0.1, 0.15) is 0 Å². The Kier molecular flexibility index (Phi) is 4.11. The fourth-order valence-corrected chi connectivity index (χ4v) is 2.30. The molecule has 1 fully saturated rings. The highest BCUT2D eigenvalue weighted by Crippen LogP contribution is 2.19. The minimum Gasteiger partial charge on any atom is -0.341 e. The highest BCUT2D eigenvalue weighted by molar-refractivity contribution is 5.80. The number of hydrogen-bond acceptors (Lipinski definition) is 4. The van der Waals surface area contributed by atoms with E-state index in [2.05, 4.69) is 5.32 Å². The van der Waals surface area contributed by atoms with Gasteiger partial charge in [-0.25, -0.2) is 0 Å². The Balaban J connectivity index is 2.08. The first-order chi connectivity index (χ1) is 9.09.